The number of ether oxygens (including phenoxy) is 1. The van der Waals surface area contributed by atoms with E-state index in [0.29, 0.717) is 12.2 Å². The Morgan fingerprint density at radius 3 is 2.73 bits per heavy atom. The second-order valence-corrected chi connectivity index (χ2v) is 7.43. The highest BCUT2D eigenvalue weighted by atomic mass is 16.5. The predicted octanol–water partition coefficient (Wildman–Crippen LogP) is 3.66. The Hall–Kier alpha value is -2.33. The number of carbonyl (C=O) groups excluding carboxylic acids is 1. The van der Waals surface area contributed by atoms with E-state index in [1.165, 1.54) is 18.4 Å². The molecule has 0 amide bonds. The lowest BCUT2D eigenvalue weighted by Gasteiger charge is -2.30. The van der Waals surface area contributed by atoms with Crippen molar-refractivity contribution in [2.75, 3.05) is 13.1 Å². The number of hydrogen-bond acceptors (Lipinski definition) is 4. The van der Waals surface area contributed by atoms with E-state index in [0.717, 1.165) is 36.4 Å². The van der Waals surface area contributed by atoms with Crippen molar-refractivity contribution in [1.82, 2.24) is 4.90 Å². The van der Waals surface area contributed by atoms with Gasteiger partial charge in [-0.3, -0.25) is 9.69 Å². The number of carbonyl (C=O) groups is 1. The normalized spacial score (nSPS) is 22.3. The van der Waals surface area contributed by atoms with Crippen LogP contribution >= 0.6 is 0 Å². The van der Waals surface area contributed by atoms with E-state index in [4.69, 9.17) is 4.74 Å². The molecule has 1 aliphatic heterocycles. The third-order valence-corrected chi connectivity index (χ3v) is 5.46. The van der Waals surface area contributed by atoms with E-state index < -0.39 is 0 Å². The largest absolute Gasteiger partial charge is 0.508 e. The maximum atomic E-state index is 11.4. The molecule has 4 nitrogen and oxygen atoms in total. The van der Waals surface area contributed by atoms with Gasteiger partial charge in [0.05, 0.1) is 6.04 Å². The van der Waals surface area contributed by atoms with Gasteiger partial charge in [0.15, 0.2) is 0 Å². The Morgan fingerprint density at radius 1 is 1.19 bits per heavy atom. The number of aromatic hydroxyl groups is 1. The van der Waals surface area contributed by atoms with Crippen LogP contribution < -0.4 is 4.74 Å². The van der Waals surface area contributed by atoms with E-state index >= 15 is 0 Å². The van der Waals surface area contributed by atoms with Gasteiger partial charge in [-0.25, -0.2) is 0 Å². The van der Waals surface area contributed by atoms with Crippen LogP contribution in [0, 0.1) is 0 Å². The van der Waals surface area contributed by atoms with Gasteiger partial charge >= 0.3 is 0 Å². The summed E-state index contributed by atoms with van der Waals surface area (Å²) < 4.78 is 6.42. The summed E-state index contributed by atoms with van der Waals surface area (Å²) in [6.07, 6.45) is 3.58. The molecule has 0 spiro atoms. The highest BCUT2D eigenvalue weighted by Gasteiger charge is 2.40. The van der Waals surface area contributed by atoms with E-state index in [9.17, 15) is 9.90 Å². The summed E-state index contributed by atoms with van der Waals surface area (Å²) in [5, 5.41) is 10.5. The Bertz CT molecular complexity index is 811. The average molecular weight is 351 g/mol. The van der Waals surface area contributed by atoms with Crippen molar-refractivity contribution in [2.24, 2.45) is 0 Å². The quantitative estimate of drug-likeness (QED) is 0.893. The fraction of sp³-hybridized carbons (Fsp3) is 0.409. The Balaban J connectivity index is 1.64. The fourth-order valence-electron chi connectivity index (χ4n) is 4.32. The van der Waals surface area contributed by atoms with Gasteiger partial charge in [0.2, 0.25) is 0 Å². The number of nitrogens with zero attached hydrogens (tertiary/aromatic N) is 1. The fourth-order valence-corrected chi connectivity index (χ4v) is 4.32. The first-order chi connectivity index (χ1) is 12.6. The summed E-state index contributed by atoms with van der Waals surface area (Å²) in [6.45, 7) is 3.77. The van der Waals surface area contributed by atoms with E-state index in [1.54, 1.807) is 13.0 Å². The molecule has 2 atom stereocenters. The zero-order valence-corrected chi connectivity index (χ0v) is 15.1. The zero-order valence-electron chi connectivity index (χ0n) is 15.1. The lowest BCUT2D eigenvalue weighted by Crippen LogP contribution is -2.38. The van der Waals surface area contributed by atoms with Crippen LogP contribution in [0.15, 0.2) is 42.5 Å². The first kappa shape index (κ1) is 17.1. The molecule has 2 aromatic rings. The van der Waals surface area contributed by atoms with E-state index in [2.05, 4.69) is 11.0 Å². The van der Waals surface area contributed by atoms with Crippen LogP contribution in [0.4, 0.5) is 0 Å². The summed E-state index contributed by atoms with van der Waals surface area (Å²) in [6, 6.07) is 13.7. The Kier molecular flexibility index (Phi) is 4.68. The highest BCUT2D eigenvalue weighted by molar-refractivity contribution is 5.78. The van der Waals surface area contributed by atoms with Gasteiger partial charge in [0.1, 0.15) is 23.4 Å². The topological polar surface area (TPSA) is 49.8 Å². The smallest absolute Gasteiger partial charge is 0.143 e. The molecule has 0 aromatic heterocycles. The third kappa shape index (κ3) is 3.34. The van der Waals surface area contributed by atoms with Crippen molar-refractivity contribution >= 4 is 5.78 Å². The second-order valence-electron chi connectivity index (χ2n) is 7.43. The van der Waals surface area contributed by atoms with Crippen molar-refractivity contribution < 1.29 is 14.6 Å². The minimum Gasteiger partial charge on any atom is -0.508 e. The molecule has 136 valence electrons. The first-order valence-corrected chi connectivity index (χ1v) is 9.41. The number of fused-ring (bicyclic) bond motifs is 1. The number of phenols is 1. The van der Waals surface area contributed by atoms with Crippen molar-refractivity contribution in [3.63, 3.8) is 0 Å². The van der Waals surface area contributed by atoms with Gasteiger partial charge in [-0.1, -0.05) is 24.3 Å². The molecule has 2 unspecified atom stereocenters. The molecule has 2 aliphatic rings. The molecular weight excluding hydrogens is 326 g/mol. The van der Waals surface area contributed by atoms with Gasteiger partial charge in [0, 0.05) is 12.0 Å². The van der Waals surface area contributed by atoms with Crippen LogP contribution in [0.25, 0.3) is 0 Å². The molecule has 1 aliphatic carbocycles. The number of ketones is 1. The van der Waals surface area contributed by atoms with Gasteiger partial charge in [-0.2, -0.15) is 0 Å². The maximum absolute atomic E-state index is 11.4. The second kappa shape index (κ2) is 7.12. The molecule has 1 saturated heterocycles. The van der Waals surface area contributed by atoms with Gasteiger partial charge in [-0.15, -0.1) is 0 Å². The van der Waals surface area contributed by atoms with Crippen LogP contribution in [0.5, 0.6) is 11.5 Å². The minimum absolute atomic E-state index is 0.140. The van der Waals surface area contributed by atoms with Crippen molar-refractivity contribution in [2.45, 2.75) is 44.8 Å². The maximum Gasteiger partial charge on any atom is 0.143 e. The Labute approximate surface area is 154 Å². The number of hydrogen-bond donors (Lipinski definition) is 1. The van der Waals surface area contributed by atoms with Crippen LogP contribution in [0.3, 0.4) is 0 Å². The minimum atomic E-state index is -0.183. The lowest BCUT2D eigenvalue weighted by atomic mass is 10.1. The van der Waals surface area contributed by atoms with Gasteiger partial charge in [-0.05, 0) is 68.6 Å². The third-order valence-electron chi connectivity index (χ3n) is 5.46. The summed E-state index contributed by atoms with van der Waals surface area (Å²) in [5.41, 5.74) is 3.05. The van der Waals surface area contributed by atoms with Crippen molar-refractivity contribution in [1.29, 1.82) is 0 Å². The molecule has 0 radical (unpaired) electrons. The van der Waals surface area contributed by atoms with Crippen LogP contribution in [0.2, 0.25) is 0 Å². The SMILES string of the molecule is CC(=O)Cc1cccc(OC2c3c(O)cccc3CC2N2CCCC2)c1. The number of benzene rings is 2. The number of phenolic OH excluding ortho intramolecular Hbond substituents is 1. The first-order valence-electron chi connectivity index (χ1n) is 9.41. The summed E-state index contributed by atoms with van der Waals surface area (Å²) >= 11 is 0. The summed E-state index contributed by atoms with van der Waals surface area (Å²) in [7, 11) is 0. The van der Waals surface area contributed by atoms with Crippen LogP contribution in [-0.2, 0) is 17.6 Å². The van der Waals surface area contributed by atoms with Crippen LogP contribution in [-0.4, -0.2) is 34.9 Å². The number of rotatable bonds is 5. The number of likely N-dealkylation sites (tertiary alicyclic amines) is 1. The van der Waals surface area contributed by atoms with Crippen molar-refractivity contribution in [3.05, 3.63) is 59.2 Å². The average Bonchev–Trinajstić information content (AvgIpc) is 3.23. The molecule has 4 heteroatoms. The zero-order chi connectivity index (χ0) is 18.1. The summed E-state index contributed by atoms with van der Waals surface area (Å²) in [5.74, 6) is 1.21. The molecule has 1 N–H and O–H groups in total. The standard InChI is InChI=1S/C22H25NO3/c1-15(24)12-16-6-4-8-18(13-16)26-22-19(23-10-2-3-11-23)14-17-7-5-9-20(25)21(17)22/h4-9,13,19,22,25H,2-3,10-12,14H2,1H3. The van der Waals surface area contributed by atoms with Crippen molar-refractivity contribution in [3.8, 4) is 11.5 Å². The van der Waals surface area contributed by atoms with Gasteiger partial charge in [0.25, 0.3) is 0 Å². The number of Topliss-reactive ketones (excluding diaryl/α,β-unsaturated/α-hetero) is 1. The molecule has 2 aromatic carbocycles. The van der Waals surface area contributed by atoms with Crippen LogP contribution in [0.1, 0.15) is 42.6 Å². The molecule has 0 bridgehead atoms. The van der Waals surface area contributed by atoms with E-state index in [1.807, 2.05) is 30.3 Å². The molecule has 4 rings (SSSR count). The summed E-state index contributed by atoms with van der Waals surface area (Å²) in [4.78, 5) is 13.9. The van der Waals surface area contributed by atoms with Gasteiger partial charge < -0.3 is 9.84 Å². The monoisotopic (exact) mass is 351 g/mol. The molecule has 0 saturated carbocycles. The molecule has 1 heterocycles. The molecule has 26 heavy (non-hydrogen) atoms. The predicted molar refractivity (Wildman–Crippen MR) is 101 cm³/mol. The highest BCUT2D eigenvalue weighted by Crippen LogP contribution is 2.43. The Morgan fingerprint density at radius 2 is 1.96 bits per heavy atom. The lowest BCUT2D eigenvalue weighted by molar-refractivity contribution is -0.116. The molecule has 1 fully saturated rings. The van der Waals surface area contributed by atoms with E-state index in [-0.39, 0.29) is 17.9 Å². The molecular formula is C22H25NO3.